The lowest BCUT2D eigenvalue weighted by atomic mass is 10.1. The van der Waals surface area contributed by atoms with Crippen LogP contribution in [0, 0.1) is 12.8 Å². The number of likely N-dealkylation sites (tertiary alicyclic amines) is 1. The second-order valence-electron chi connectivity index (χ2n) is 6.13. The van der Waals surface area contributed by atoms with Crippen molar-refractivity contribution in [2.45, 2.75) is 19.9 Å². The highest BCUT2D eigenvalue weighted by atomic mass is 35.5. The van der Waals surface area contributed by atoms with E-state index in [1.54, 1.807) is 23.1 Å². The number of nitrogens with one attached hydrogen (secondary N) is 1. The van der Waals surface area contributed by atoms with Crippen molar-refractivity contribution in [3.05, 3.63) is 64.7 Å². The number of anilines is 1. The molecule has 5 heteroatoms. The van der Waals surface area contributed by atoms with Crippen LogP contribution in [0.1, 0.15) is 17.5 Å². The van der Waals surface area contributed by atoms with Gasteiger partial charge in [-0.2, -0.15) is 0 Å². The van der Waals surface area contributed by atoms with Gasteiger partial charge in [-0.3, -0.25) is 9.59 Å². The summed E-state index contributed by atoms with van der Waals surface area (Å²) in [5.74, 6) is -0.503. The zero-order chi connectivity index (χ0) is 17.1. The number of carbonyl (C=O) groups is 2. The van der Waals surface area contributed by atoms with E-state index in [0.717, 1.165) is 5.56 Å². The summed E-state index contributed by atoms with van der Waals surface area (Å²) in [5.41, 5.74) is 2.83. The molecule has 1 aliphatic heterocycles. The number of para-hydroxylation sites is 1. The summed E-state index contributed by atoms with van der Waals surface area (Å²) in [6.45, 7) is 3.00. The van der Waals surface area contributed by atoms with Crippen LogP contribution >= 0.6 is 11.6 Å². The molecule has 124 valence electrons. The first kappa shape index (κ1) is 16.5. The number of aryl methyl sites for hydroxylation is 1. The molecule has 1 atom stereocenters. The molecule has 1 aliphatic rings. The van der Waals surface area contributed by atoms with E-state index in [-0.39, 0.29) is 24.2 Å². The molecule has 4 nitrogen and oxygen atoms in total. The van der Waals surface area contributed by atoms with E-state index in [1.807, 2.05) is 37.3 Å². The number of nitrogens with zero attached hydrogens (tertiary/aromatic N) is 1. The van der Waals surface area contributed by atoms with E-state index >= 15 is 0 Å². The molecular weight excluding hydrogens is 324 g/mol. The van der Waals surface area contributed by atoms with Gasteiger partial charge in [0.2, 0.25) is 11.8 Å². The molecule has 1 saturated heterocycles. The lowest BCUT2D eigenvalue weighted by Crippen LogP contribution is -2.28. The molecule has 2 aromatic carbocycles. The maximum Gasteiger partial charge on any atom is 0.229 e. The highest BCUT2D eigenvalue weighted by molar-refractivity contribution is 6.33. The van der Waals surface area contributed by atoms with Gasteiger partial charge in [0.25, 0.3) is 0 Å². The number of hydrogen-bond acceptors (Lipinski definition) is 2. The molecular formula is C19H19ClN2O2. The van der Waals surface area contributed by atoms with Crippen LogP contribution in [0.2, 0.25) is 5.02 Å². The highest BCUT2D eigenvalue weighted by Gasteiger charge is 2.34. The van der Waals surface area contributed by atoms with Crippen LogP contribution in [0.5, 0.6) is 0 Å². The smallest absolute Gasteiger partial charge is 0.229 e. The second kappa shape index (κ2) is 7.05. The molecule has 1 heterocycles. The van der Waals surface area contributed by atoms with Crippen molar-refractivity contribution in [2.24, 2.45) is 5.92 Å². The summed E-state index contributed by atoms with van der Waals surface area (Å²) in [5, 5.41) is 3.31. The standard InChI is InChI=1S/C19H19ClN2O2/c1-13-6-8-14(9-7-13)11-22-12-15(10-18(22)23)19(24)21-17-5-3-2-4-16(17)20/h2-9,15H,10-12H2,1H3,(H,21,24)/t15-/m1/s1. The predicted octanol–water partition coefficient (Wildman–Crippen LogP) is 3.64. The average molecular weight is 343 g/mol. The van der Waals surface area contributed by atoms with Crippen LogP contribution in [0.25, 0.3) is 0 Å². The number of rotatable bonds is 4. The second-order valence-corrected chi connectivity index (χ2v) is 6.54. The highest BCUT2D eigenvalue weighted by Crippen LogP contribution is 2.25. The maximum atomic E-state index is 12.4. The van der Waals surface area contributed by atoms with Crippen LogP contribution in [-0.2, 0) is 16.1 Å². The molecule has 0 radical (unpaired) electrons. The summed E-state index contributed by atoms with van der Waals surface area (Å²) in [7, 11) is 0. The third kappa shape index (κ3) is 3.77. The average Bonchev–Trinajstić information content (AvgIpc) is 2.93. The third-order valence-electron chi connectivity index (χ3n) is 4.21. The monoisotopic (exact) mass is 342 g/mol. The van der Waals surface area contributed by atoms with Crippen molar-refractivity contribution in [3.8, 4) is 0 Å². The Morgan fingerprint density at radius 2 is 1.92 bits per heavy atom. The summed E-state index contributed by atoms with van der Waals surface area (Å²) in [4.78, 5) is 26.3. The third-order valence-corrected chi connectivity index (χ3v) is 4.54. The van der Waals surface area contributed by atoms with Gasteiger partial charge in [0.15, 0.2) is 0 Å². The quantitative estimate of drug-likeness (QED) is 0.922. The topological polar surface area (TPSA) is 49.4 Å². The maximum absolute atomic E-state index is 12.4. The number of hydrogen-bond donors (Lipinski definition) is 1. The fourth-order valence-electron chi connectivity index (χ4n) is 2.81. The van der Waals surface area contributed by atoms with Crippen molar-refractivity contribution < 1.29 is 9.59 Å². The first-order chi connectivity index (χ1) is 11.5. The van der Waals surface area contributed by atoms with E-state index in [2.05, 4.69) is 5.32 Å². The van der Waals surface area contributed by atoms with Gasteiger partial charge >= 0.3 is 0 Å². The Kier molecular flexibility index (Phi) is 4.86. The summed E-state index contributed by atoms with van der Waals surface area (Å²) < 4.78 is 0. The van der Waals surface area contributed by atoms with Crippen molar-refractivity contribution in [1.29, 1.82) is 0 Å². The summed E-state index contributed by atoms with van der Waals surface area (Å²) >= 11 is 6.06. The van der Waals surface area contributed by atoms with Gasteiger partial charge in [0.1, 0.15) is 0 Å². The van der Waals surface area contributed by atoms with Crippen molar-refractivity contribution in [3.63, 3.8) is 0 Å². The molecule has 1 fully saturated rings. The summed E-state index contributed by atoms with van der Waals surface area (Å²) in [6, 6.07) is 15.2. The van der Waals surface area contributed by atoms with E-state index in [0.29, 0.717) is 23.8 Å². The minimum absolute atomic E-state index is 0.00915. The van der Waals surface area contributed by atoms with Gasteiger partial charge < -0.3 is 10.2 Å². The zero-order valence-electron chi connectivity index (χ0n) is 13.5. The Morgan fingerprint density at radius 3 is 2.62 bits per heavy atom. The molecule has 1 N–H and O–H groups in total. The fourth-order valence-corrected chi connectivity index (χ4v) is 2.99. The van der Waals surface area contributed by atoms with Crippen molar-refractivity contribution in [2.75, 3.05) is 11.9 Å². The van der Waals surface area contributed by atoms with Crippen molar-refractivity contribution >= 4 is 29.1 Å². The Bertz CT molecular complexity index is 758. The number of halogens is 1. The molecule has 0 spiro atoms. The number of amides is 2. The van der Waals surface area contributed by atoms with Gasteiger partial charge in [0, 0.05) is 19.5 Å². The Balaban J connectivity index is 1.62. The van der Waals surface area contributed by atoms with Crippen LogP contribution in [0.15, 0.2) is 48.5 Å². The van der Waals surface area contributed by atoms with Gasteiger partial charge in [-0.05, 0) is 24.6 Å². The van der Waals surface area contributed by atoms with Gasteiger partial charge in [0.05, 0.1) is 16.6 Å². The summed E-state index contributed by atoms with van der Waals surface area (Å²) in [6.07, 6.45) is 0.238. The van der Waals surface area contributed by atoms with Gasteiger partial charge in [-0.15, -0.1) is 0 Å². The minimum atomic E-state index is -0.348. The largest absolute Gasteiger partial charge is 0.338 e. The van der Waals surface area contributed by atoms with Crippen LogP contribution in [0.4, 0.5) is 5.69 Å². The Morgan fingerprint density at radius 1 is 1.21 bits per heavy atom. The van der Waals surface area contributed by atoms with E-state index in [9.17, 15) is 9.59 Å². The fraction of sp³-hybridized carbons (Fsp3) is 0.263. The SMILES string of the molecule is Cc1ccc(CN2C[C@H](C(=O)Nc3ccccc3Cl)CC2=O)cc1. The molecule has 3 rings (SSSR count). The molecule has 2 aromatic rings. The Labute approximate surface area is 146 Å². The lowest BCUT2D eigenvalue weighted by Gasteiger charge is -2.17. The minimum Gasteiger partial charge on any atom is -0.338 e. The molecule has 0 saturated carbocycles. The predicted molar refractivity (Wildman–Crippen MR) is 94.8 cm³/mol. The first-order valence-corrected chi connectivity index (χ1v) is 8.29. The van der Waals surface area contributed by atoms with Gasteiger partial charge in [-0.1, -0.05) is 53.6 Å². The molecule has 0 bridgehead atoms. The lowest BCUT2D eigenvalue weighted by molar-refractivity contribution is -0.128. The normalized spacial score (nSPS) is 17.2. The van der Waals surface area contributed by atoms with E-state index < -0.39 is 0 Å². The van der Waals surface area contributed by atoms with Crippen molar-refractivity contribution in [1.82, 2.24) is 4.90 Å². The van der Waals surface area contributed by atoms with E-state index in [4.69, 9.17) is 11.6 Å². The first-order valence-electron chi connectivity index (χ1n) is 7.91. The molecule has 24 heavy (non-hydrogen) atoms. The molecule has 0 aliphatic carbocycles. The van der Waals surface area contributed by atoms with Crippen LogP contribution in [-0.4, -0.2) is 23.3 Å². The van der Waals surface area contributed by atoms with Crippen LogP contribution in [0.3, 0.4) is 0 Å². The van der Waals surface area contributed by atoms with Crippen LogP contribution < -0.4 is 5.32 Å². The molecule has 0 aromatic heterocycles. The molecule has 0 unspecified atom stereocenters. The molecule has 2 amide bonds. The Hall–Kier alpha value is -2.33. The van der Waals surface area contributed by atoms with E-state index in [1.165, 1.54) is 5.56 Å². The number of benzene rings is 2. The van der Waals surface area contributed by atoms with Gasteiger partial charge in [-0.25, -0.2) is 0 Å². The number of carbonyl (C=O) groups excluding carboxylic acids is 2. The zero-order valence-corrected chi connectivity index (χ0v) is 14.2.